The van der Waals surface area contributed by atoms with Gasteiger partial charge in [-0.2, -0.15) is 66.7 Å². The summed E-state index contributed by atoms with van der Waals surface area (Å²) in [4.78, 5) is 9.58. The molecular weight excluding hydrogens is 423 g/mol. The number of carbonyl (C=O) groups excluding carboxylic acids is 1. The second kappa shape index (κ2) is 5.81. The van der Waals surface area contributed by atoms with Gasteiger partial charge in [0.1, 0.15) is 6.07 Å². The molecule has 152 valence electrons. The molecule has 0 amide bonds. The van der Waals surface area contributed by atoms with E-state index in [2.05, 4.69) is 0 Å². The predicted octanol–water partition coefficient (Wildman–Crippen LogP) is 4.45. The van der Waals surface area contributed by atoms with Crippen molar-refractivity contribution in [3.05, 3.63) is 0 Å². The highest BCUT2D eigenvalue weighted by Gasteiger charge is 2.93. The van der Waals surface area contributed by atoms with E-state index in [1.165, 1.54) is 0 Å². The van der Waals surface area contributed by atoms with Gasteiger partial charge in [0, 0.05) is 0 Å². The normalized spacial score (nSPS) is 17.5. The van der Waals surface area contributed by atoms with Crippen molar-refractivity contribution in [3.8, 4) is 6.07 Å². The third-order valence-electron chi connectivity index (χ3n) is 2.80. The molecule has 0 bridgehead atoms. The summed E-state index contributed by atoms with van der Waals surface area (Å²) in [5, 5.41) is 7.68. The highest BCUT2D eigenvalue weighted by Crippen LogP contribution is 2.61. The molecule has 0 aliphatic heterocycles. The summed E-state index contributed by atoms with van der Waals surface area (Å²) in [5.41, 5.74) is -7.27. The molecule has 0 aromatic heterocycles. The Morgan fingerprint density at radius 3 is 1.15 bits per heavy atom. The zero-order chi connectivity index (χ0) is 21.8. The first-order valence-electron chi connectivity index (χ1n) is 5.26. The van der Waals surface area contributed by atoms with Crippen LogP contribution in [-0.2, 0) is 4.79 Å². The smallest absolute Gasteiger partial charge is 0.254 e. The molecular formula is C9F15NO. The van der Waals surface area contributed by atoms with E-state index in [4.69, 9.17) is 5.26 Å². The van der Waals surface area contributed by atoms with Crippen LogP contribution in [-0.4, -0.2) is 47.5 Å². The second-order valence-corrected chi connectivity index (χ2v) is 4.41. The molecule has 0 heterocycles. The Morgan fingerprint density at radius 2 is 0.923 bits per heavy atom. The van der Waals surface area contributed by atoms with Crippen molar-refractivity contribution in [1.82, 2.24) is 0 Å². The van der Waals surface area contributed by atoms with E-state index in [1.807, 2.05) is 0 Å². The number of nitriles is 1. The third-order valence-corrected chi connectivity index (χ3v) is 2.80. The van der Waals surface area contributed by atoms with E-state index < -0.39 is 53.6 Å². The lowest BCUT2D eigenvalue weighted by molar-refractivity contribution is -0.422. The average molecular weight is 423 g/mol. The SMILES string of the molecule is N#CC(F)(C(F)(F)F)C(F)(F)C(F)(F)C(F)(F)C(F)(F)C(F)(F)C(=O)F. The van der Waals surface area contributed by atoms with E-state index in [9.17, 15) is 70.7 Å². The zero-order valence-electron chi connectivity index (χ0n) is 11.0. The van der Waals surface area contributed by atoms with Crippen molar-refractivity contribution in [3.63, 3.8) is 0 Å². The van der Waals surface area contributed by atoms with Crippen LogP contribution >= 0.6 is 0 Å². The van der Waals surface area contributed by atoms with Crippen LogP contribution in [0.25, 0.3) is 0 Å². The van der Waals surface area contributed by atoms with Gasteiger partial charge in [-0.25, -0.2) is 4.39 Å². The Balaban J connectivity index is 6.74. The summed E-state index contributed by atoms with van der Waals surface area (Å²) in [7, 11) is 0. The lowest BCUT2D eigenvalue weighted by Gasteiger charge is -2.41. The van der Waals surface area contributed by atoms with E-state index in [-0.39, 0.29) is 0 Å². The van der Waals surface area contributed by atoms with E-state index >= 15 is 0 Å². The number of carbonyl (C=O) groups is 1. The number of halogens is 15. The van der Waals surface area contributed by atoms with Crippen LogP contribution in [0.2, 0.25) is 0 Å². The number of nitrogens with zero attached hydrogens (tertiary/aromatic N) is 1. The summed E-state index contributed by atoms with van der Waals surface area (Å²) in [5.74, 6) is -40.3. The molecule has 0 fully saturated rings. The first-order chi connectivity index (χ1) is 11.0. The van der Waals surface area contributed by atoms with Crippen molar-refractivity contribution in [1.29, 1.82) is 5.26 Å². The second-order valence-electron chi connectivity index (χ2n) is 4.41. The maximum atomic E-state index is 13.1. The Morgan fingerprint density at radius 1 is 0.615 bits per heavy atom. The van der Waals surface area contributed by atoms with Gasteiger partial charge in [0.2, 0.25) is 0 Å². The highest BCUT2D eigenvalue weighted by atomic mass is 19.4. The maximum Gasteiger partial charge on any atom is 0.442 e. The van der Waals surface area contributed by atoms with Gasteiger partial charge in [0.25, 0.3) is 0 Å². The van der Waals surface area contributed by atoms with Gasteiger partial charge in [-0.15, -0.1) is 0 Å². The van der Waals surface area contributed by atoms with Crippen LogP contribution in [0.3, 0.4) is 0 Å². The van der Waals surface area contributed by atoms with E-state index in [0.29, 0.717) is 0 Å². The van der Waals surface area contributed by atoms with Gasteiger partial charge in [-0.05, 0) is 0 Å². The fourth-order valence-electron chi connectivity index (χ4n) is 1.24. The lowest BCUT2D eigenvalue weighted by Crippen LogP contribution is -2.73. The molecule has 0 saturated carbocycles. The Kier molecular flexibility index (Phi) is 5.38. The van der Waals surface area contributed by atoms with Gasteiger partial charge >= 0.3 is 47.5 Å². The van der Waals surface area contributed by atoms with Crippen molar-refractivity contribution >= 4 is 6.04 Å². The molecule has 0 aliphatic rings. The summed E-state index contributed by atoms with van der Waals surface area (Å²) in [6.07, 6.45) is -7.40. The Hall–Kier alpha value is -1.89. The third kappa shape index (κ3) is 2.64. The summed E-state index contributed by atoms with van der Waals surface area (Å²) >= 11 is 0. The van der Waals surface area contributed by atoms with Crippen LogP contribution in [0.4, 0.5) is 65.9 Å². The van der Waals surface area contributed by atoms with Crippen molar-refractivity contribution in [2.75, 3.05) is 0 Å². The molecule has 2 nitrogen and oxygen atoms in total. The minimum absolute atomic E-state index is 1.18. The minimum Gasteiger partial charge on any atom is -0.254 e. The Labute approximate surface area is 131 Å². The first-order valence-corrected chi connectivity index (χ1v) is 5.26. The van der Waals surface area contributed by atoms with E-state index in [1.54, 1.807) is 0 Å². The van der Waals surface area contributed by atoms with Gasteiger partial charge in [-0.3, -0.25) is 4.79 Å². The number of rotatable bonds is 6. The molecule has 0 aromatic rings. The number of alkyl halides is 14. The van der Waals surface area contributed by atoms with Crippen LogP contribution in [0.5, 0.6) is 0 Å². The van der Waals surface area contributed by atoms with Gasteiger partial charge in [-0.1, -0.05) is 0 Å². The first kappa shape index (κ1) is 24.1. The molecule has 17 heteroatoms. The van der Waals surface area contributed by atoms with Gasteiger partial charge < -0.3 is 0 Å². The topological polar surface area (TPSA) is 40.9 Å². The lowest BCUT2D eigenvalue weighted by atomic mass is 9.86. The average Bonchev–Trinajstić information content (AvgIpc) is 2.43. The molecule has 0 saturated heterocycles. The molecule has 1 atom stereocenters. The number of hydrogen-bond acceptors (Lipinski definition) is 2. The standard InChI is InChI=1S/C9F15NO/c10-2(26)4(12,13)6(16,17)8(20,21)7(18,19)5(14,15)3(11,1-25)9(22,23)24. The quantitative estimate of drug-likeness (QED) is 0.468. The Bertz CT molecular complexity index is 614. The van der Waals surface area contributed by atoms with Gasteiger partial charge in [0.05, 0.1) is 0 Å². The molecule has 0 radical (unpaired) electrons. The van der Waals surface area contributed by atoms with Crippen LogP contribution < -0.4 is 0 Å². The highest BCUT2D eigenvalue weighted by molar-refractivity contribution is 5.78. The van der Waals surface area contributed by atoms with Crippen LogP contribution in [0.1, 0.15) is 0 Å². The van der Waals surface area contributed by atoms with E-state index in [0.717, 1.165) is 0 Å². The maximum absolute atomic E-state index is 13.1. The molecule has 0 aliphatic carbocycles. The fourth-order valence-corrected chi connectivity index (χ4v) is 1.24. The molecule has 0 rings (SSSR count). The largest absolute Gasteiger partial charge is 0.442 e. The minimum atomic E-state index is -8.37. The summed E-state index contributed by atoms with van der Waals surface area (Å²) in [6.45, 7) is 0. The molecule has 0 aromatic carbocycles. The molecule has 0 spiro atoms. The predicted molar refractivity (Wildman–Crippen MR) is 46.4 cm³/mol. The molecule has 0 N–H and O–H groups in total. The van der Waals surface area contributed by atoms with Crippen molar-refractivity contribution in [2.24, 2.45) is 0 Å². The number of hydrogen-bond donors (Lipinski definition) is 0. The van der Waals surface area contributed by atoms with Crippen LogP contribution in [0.15, 0.2) is 0 Å². The monoisotopic (exact) mass is 423 g/mol. The van der Waals surface area contributed by atoms with Gasteiger partial charge in [0.15, 0.2) is 0 Å². The van der Waals surface area contributed by atoms with Crippen molar-refractivity contribution < 1.29 is 70.7 Å². The van der Waals surface area contributed by atoms with Crippen LogP contribution in [0, 0.1) is 11.3 Å². The summed E-state index contributed by atoms with van der Waals surface area (Å²) in [6, 6.07) is -5.92. The molecule has 1 unspecified atom stereocenters. The molecule has 26 heavy (non-hydrogen) atoms. The van der Waals surface area contributed by atoms with Crippen molar-refractivity contribution in [2.45, 2.75) is 41.5 Å². The fraction of sp³-hybridized carbons (Fsp3) is 0.778. The zero-order valence-corrected chi connectivity index (χ0v) is 11.0. The summed E-state index contributed by atoms with van der Waals surface area (Å²) < 4.78 is 190.